The van der Waals surface area contributed by atoms with Gasteiger partial charge in [-0.15, -0.1) is 0 Å². The van der Waals surface area contributed by atoms with Gasteiger partial charge < -0.3 is 20.1 Å². The third-order valence-electron chi connectivity index (χ3n) is 2.46. The molecule has 1 atom stereocenters. The average Bonchev–Trinajstić information content (AvgIpc) is 2.79. The Bertz CT molecular complexity index is 338. The number of carbonyl (C=O) groups is 1. The monoisotopic (exact) mass is 241 g/mol. The summed E-state index contributed by atoms with van der Waals surface area (Å²) in [5.74, 6) is 0.0912. The molecule has 1 rings (SSSR count). The average molecular weight is 241 g/mol. The van der Waals surface area contributed by atoms with E-state index >= 15 is 0 Å². The standard InChI is InChI=1S/C11H19N3O3/c1-8(2)10(16)11(17)14(5-6-15)7-9-12-3-4-13-9/h3-4,8,10,15-16H,5-7H2,1-2H3,(H,12,13). The van der Waals surface area contributed by atoms with Crippen molar-refractivity contribution in [2.45, 2.75) is 26.5 Å². The van der Waals surface area contributed by atoms with Gasteiger partial charge in [0.2, 0.25) is 0 Å². The number of nitrogens with zero attached hydrogens (tertiary/aromatic N) is 2. The summed E-state index contributed by atoms with van der Waals surface area (Å²) in [5.41, 5.74) is 0. The van der Waals surface area contributed by atoms with E-state index in [0.29, 0.717) is 5.82 Å². The number of hydrogen-bond acceptors (Lipinski definition) is 4. The van der Waals surface area contributed by atoms with Gasteiger partial charge in [0.1, 0.15) is 11.9 Å². The minimum absolute atomic E-state index is 0.142. The van der Waals surface area contributed by atoms with E-state index in [1.54, 1.807) is 26.2 Å². The number of H-pyrrole nitrogens is 1. The Morgan fingerprint density at radius 3 is 2.76 bits per heavy atom. The number of aliphatic hydroxyl groups is 2. The number of carbonyl (C=O) groups excluding carboxylic acids is 1. The van der Waals surface area contributed by atoms with Gasteiger partial charge in [0.25, 0.3) is 5.91 Å². The van der Waals surface area contributed by atoms with Gasteiger partial charge in [-0.05, 0) is 5.92 Å². The third-order valence-corrected chi connectivity index (χ3v) is 2.46. The van der Waals surface area contributed by atoms with E-state index in [1.807, 2.05) is 0 Å². The van der Waals surface area contributed by atoms with Crippen LogP contribution in [0.5, 0.6) is 0 Å². The van der Waals surface area contributed by atoms with E-state index < -0.39 is 6.10 Å². The number of nitrogens with one attached hydrogen (secondary N) is 1. The first-order chi connectivity index (χ1) is 8.06. The molecule has 17 heavy (non-hydrogen) atoms. The normalized spacial score (nSPS) is 12.8. The molecule has 0 aliphatic rings. The maximum absolute atomic E-state index is 11.9. The van der Waals surface area contributed by atoms with Crippen LogP contribution in [0.15, 0.2) is 12.4 Å². The number of aromatic amines is 1. The molecule has 0 saturated heterocycles. The summed E-state index contributed by atoms with van der Waals surface area (Å²) in [6, 6.07) is 0. The maximum Gasteiger partial charge on any atom is 0.252 e. The van der Waals surface area contributed by atoms with Gasteiger partial charge in [0, 0.05) is 18.9 Å². The molecule has 0 fully saturated rings. The molecule has 1 unspecified atom stereocenters. The van der Waals surface area contributed by atoms with Crippen molar-refractivity contribution < 1.29 is 15.0 Å². The second-order valence-corrected chi connectivity index (χ2v) is 4.21. The maximum atomic E-state index is 11.9. The molecule has 0 radical (unpaired) electrons. The minimum atomic E-state index is -1.04. The van der Waals surface area contributed by atoms with Gasteiger partial charge in [-0.3, -0.25) is 4.79 Å². The van der Waals surface area contributed by atoms with Crippen LogP contribution in [-0.2, 0) is 11.3 Å². The van der Waals surface area contributed by atoms with Crippen molar-refractivity contribution in [3.63, 3.8) is 0 Å². The Hall–Kier alpha value is -1.40. The van der Waals surface area contributed by atoms with E-state index in [1.165, 1.54) is 4.90 Å². The Morgan fingerprint density at radius 2 is 2.29 bits per heavy atom. The number of rotatable bonds is 6. The molecular formula is C11H19N3O3. The SMILES string of the molecule is CC(C)C(O)C(=O)N(CCO)Cc1ncc[nH]1. The number of aromatic nitrogens is 2. The number of hydrogen-bond donors (Lipinski definition) is 3. The van der Waals surface area contributed by atoms with Gasteiger partial charge in [0.05, 0.1) is 13.2 Å². The molecule has 0 aliphatic heterocycles. The lowest BCUT2D eigenvalue weighted by Gasteiger charge is -2.25. The van der Waals surface area contributed by atoms with Crippen LogP contribution in [0.2, 0.25) is 0 Å². The highest BCUT2D eigenvalue weighted by Crippen LogP contribution is 2.08. The Kier molecular flexibility index (Phi) is 5.11. The lowest BCUT2D eigenvalue weighted by molar-refractivity contribution is -0.143. The molecular weight excluding hydrogens is 222 g/mol. The first kappa shape index (κ1) is 13.7. The number of amides is 1. The first-order valence-electron chi connectivity index (χ1n) is 5.62. The topological polar surface area (TPSA) is 89.4 Å². The lowest BCUT2D eigenvalue weighted by atomic mass is 10.1. The Balaban J connectivity index is 2.68. The van der Waals surface area contributed by atoms with Crippen molar-refractivity contribution in [3.8, 4) is 0 Å². The van der Waals surface area contributed by atoms with Crippen LogP contribution in [-0.4, -0.2) is 50.2 Å². The summed E-state index contributed by atoms with van der Waals surface area (Å²) in [4.78, 5) is 20.2. The molecule has 0 bridgehead atoms. The molecule has 1 aromatic rings. The molecule has 1 amide bonds. The van der Waals surface area contributed by atoms with Crippen LogP contribution in [0.3, 0.4) is 0 Å². The molecule has 96 valence electrons. The zero-order valence-electron chi connectivity index (χ0n) is 10.1. The second kappa shape index (κ2) is 6.36. The fourth-order valence-electron chi connectivity index (χ4n) is 1.43. The zero-order valence-corrected chi connectivity index (χ0v) is 10.1. The van der Waals surface area contributed by atoms with E-state index in [-0.39, 0.29) is 31.5 Å². The smallest absolute Gasteiger partial charge is 0.252 e. The summed E-state index contributed by atoms with van der Waals surface area (Å²) in [6.45, 7) is 3.84. The third kappa shape index (κ3) is 3.83. The van der Waals surface area contributed by atoms with Crippen molar-refractivity contribution in [1.82, 2.24) is 14.9 Å². The fourth-order valence-corrected chi connectivity index (χ4v) is 1.43. The molecule has 0 aliphatic carbocycles. The van der Waals surface area contributed by atoms with Gasteiger partial charge in [-0.25, -0.2) is 4.98 Å². The van der Waals surface area contributed by atoms with Crippen molar-refractivity contribution in [2.24, 2.45) is 5.92 Å². The lowest BCUT2D eigenvalue weighted by Crippen LogP contribution is -2.42. The van der Waals surface area contributed by atoms with Gasteiger partial charge >= 0.3 is 0 Å². The van der Waals surface area contributed by atoms with E-state index in [9.17, 15) is 9.90 Å². The number of aliphatic hydroxyl groups excluding tert-OH is 2. The van der Waals surface area contributed by atoms with Gasteiger partial charge in [0.15, 0.2) is 0 Å². The fraction of sp³-hybridized carbons (Fsp3) is 0.636. The Labute approximate surface area is 100 Å². The Morgan fingerprint density at radius 1 is 1.59 bits per heavy atom. The van der Waals surface area contributed by atoms with Crippen molar-refractivity contribution in [2.75, 3.05) is 13.2 Å². The van der Waals surface area contributed by atoms with Crippen LogP contribution < -0.4 is 0 Å². The molecule has 3 N–H and O–H groups in total. The summed E-state index contributed by atoms with van der Waals surface area (Å²) in [7, 11) is 0. The largest absolute Gasteiger partial charge is 0.395 e. The predicted octanol–water partition coefficient (Wildman–Crippen LogP) is -0.253. The first-order valence-corrected chi connectivity index (χ1v) is 5.62. The van der Waals surface area contributed by atoms with Crippen LogP contribution >= 0.6 is 0 Å². The predicted molar refractivity (Wildman–Crippen MR) is 61.9 cm³/mol. The molecule has 6 heteroatoms. The quantitative estimate of drug-likeness (QED) is 0.640. The van der Waals surface area contributed by atoms with Crippen LogP contribution in [0.4, 0.5) is 0 Å². The minimum Gasteiger partial charge on any atom is -0.395 e. The molecule has 1 aromatic heterocycles. The molecule has 0 aromatic carbocycles. The van der Waals surface area contributed by atoms with Crippen molar-refractivity contribution >= 4 is 5.91 Å². The van der Waals surface area contributed by atoms with E-state index in [2.05, 4.69) is 9.97 Å². The van der Waals surface area contributed by atoms with Crippen LogP contribution in [0.25, 0.3) is 0 Å². The van der Waals surface area contributed by atoms with E-state index in [4.69, 9.17) is 5.11 Å². The zero-order chi connectivity index (χ0) is 12.8. The molecule has 0 spiro atoms. The summed E-state index contributed by atoms with van der Waals surface area (Å²) in [5, 5.41) is 18.6. The number of imidazole rings is 1. The molecule has 0 saturated carbocycles. The highest BCUT2D eigenvalue weighted by molar-refractivity contribution is 5.80. The van der Waals surface area contributed by atoms with E-state index in [0.717, 1.165) is 0 Å². The van der Waals surface area contributed by atoms with Crippen molar-refractivity contribution in [1.29, 1.82) is 0 Å². The summed E-state index contributed by atoms with van der Waals surface area (Å²) >= 11 is 0. The highest BCUT2D eigenvalue weighted by Gasteiger charge is 2.25. The van der Waals surface area contributed by atoms with Gasteiger partial charge in [-0.2, -0.15) is 0 Å². The van der Waals surface area contributed by atoms with Gasteiger partial charge in [-0.1, -0.05) is 13.8 Å². The van der Waals surface area contributed by atoms with Crippen molar-refractivity contribution in [3.05, 3.63) is 18.2 Å². The van der Waals surface area contributed by atoms with Crippen LogP contribution in [0, 0.1) is 5.92 Å². The highest BCUT2D eigenvalue weighted by atomic mass is 16.3. The second-order valence-electron chi connectivity index (χ2n) is 4.21. The summed E-state index contributed by atoms with van der Waals surface area (Å²) < 4.78 is 0. The molecule has 1 heterocycles. The van der Waals surface area contributed by atoms with Crippen LogP contribution in [0.1, 0.15) is 19.7 Å². The summed E-state index contributed by atoms with van der Waals surface area (Å²) in [6.07, 6.45) is 2.21. The molecule has 6 nitrogen and oxygen atoms in total.